The van der Waals surface area contributed by atoms with Crippen molar-refractivity contribution >= 4 is 39.8 Å². The van der Waals surface area contributed by atoms with Crippen LogP contribution in [0.2, 0.25) is 5.02 Å². The van der Waals surface area contributed by atoms with Crippen LogP contribution in [0.4, 0.5) is 42.2 Å². The summed E-state index contributed by atoms with van der Waals surface area (Å²) < 4.78 is 97.0. The molecule has 13 heteroatoms. The number of anilines is 2. The van der Waals surface area contributed by atoms with Crippen molar-refractivity contribution in [3.05, 3.63) is 58.6 Å². The molecule has 1 saturated carbocycles. The van der Waals surface area contributed by atoms with Crippen molar-refractivity contribution in [1.82, 2.24) is 19.6 Å². The van der Waals surface area contributed by atoms with E-state index in [9.17, 15) is 30.7 Å². The Labute approximate surface area is 209 Å². The summed E-state index contributed by atoms with van der Waals surface area (Å²) in [5, 5.41) is 8.35. The number of halogens is 8. The normalized spacial score (nSPS) is 15.1. The molecule has 0 atom stereocenters. The summed E-state index contributed by atoms with van der Waals surface area (Å²) >= 11 is 6.13. The fourth-order valence-corrected chi connectivity index (χ4v) is 4.18. The summed E-state index contributed by atoms with van der Waals surface area (Å²) in [4.78, 5) is 4.98. The number of aryl methyl sites for hydroxylation is 1. The molecule has 0 saturated heterocycles. The van der Waals surface area contributed by atoms with Crippen molar-refractivity contribution in [3.8, 4) is 11.8 Å². The number of alkyl halides is 6. The third-order valence-corrected chi connectivity index (χ3v) is 6.22. The van der Waals surface area contributed by atoms with Gasteiger partial charge in [0.15, 0.2) is 0 Å². The van der Waals surface area contributed by atoms with Gasteiger partial charge >= 0.3 is 12.4 Å². The molecule has 1 aliphatic rings. The molecular weight excluding hydrogens is 527 g/mol. The zero-order valence-corrected chi connectivity index (χ0v) is 19.6. The second kappa shape index (κ2) is 8.48. The van der Waals surface area contributed by atoms with Gasteiger partial charge in [0.25, 0.3) is 5.78 Å². The van der Waals surface area contributed by atoms with Crippen LogP contribution >= 0.6 is 11.6 Å². The van der Waals surface area contributed by atoms with Crippen molar-refractivity contribution in [2.45, 2.75) is 32.1 Å². The summed E-state index contributed by atoms with van der Waals surface area (Å²) in [5.74, 6) is 3.63. The van der Waals surface area contributed by atoms with Gasteiger partial charge in [-0.2, -0.15) is 31.3 Å². The van der Waals surface area contributed by atoms with Crippen LogP contribution < -0.4 is 4.90 Å². The van der Waals surface area contributed by atoms with E-state index < -0.39 is 30.1 Å². The van der Waals surface area contributed by atoms with E-state index in [1.807, 2.05) is 0 Å². The molecule has 4 aromatic rings. The van der Waals surface area contributed by atoms with E-state index in [-0.39, 0.29) is 41.1 Å². The first-order chi connectivity index (χ1) is 17.3. The third-order valence-electron chi connectivity index (χ3n) is 5.98. The van der Waals surface area contributed by atoms with E-state index >= 15 is 0 Å². The molecular formula is C24H15ClF7N5. The van der Waals surface area contributed by atoms with Gasteiger partial charge in [-0.25, -0.2) is 4.39 Å². The summed E-state index contributed by atoms with van der Waals surface area (Å²) in [5.41, 5.74) is -2.33. The first-order valence-electron chi connectivity index (χ1n) is 10.8. The van der Waals surface area contributed by atoms with Gasteiger partial charge in [-0.1, -0.05) is 23.4 Å². The van der Waals surface area contributed by atoms with Crippen LogP contribution in [0, 0.1) is 30.0 Å². The molecule has 0 bridgehead atoms. The summed E-state index contributed by atoms with van der Waals surface area (Å²) in [7, 11) is 0. The van der Waals surface area contributed by atoms with Crippen molar-refractivity contribution in [1.29, 1.82) is 0 Å². The number of nitrogens with zero attached hydrogens (tertiary/aromatic N) is 5. The molecule has 1 aliphatic carbocycles. The largest absolute Gasteiger partial charge is 0.406 e. The zero-order chi connectivity index (χ0) is 26.8. The van der Waals surface area contributed by atoms with Crippen LogP contribution in [0.15, 0.2) is 36.4 Å². The minimum absolute atomic E-state index is 0.0216. The highest BCUT2D eigenvalue weighted by Crippen LogP contribution is 2.57. The van der Waals surface area contributed by atoms with Crippen molar-refractivity contribution in [2.75, 3.05) is 11.4 Å². The number of fused-ring (bicyclic) bond motifs is 3. The SMILES string of the molecule is Cc1nnc2nc(N(CC(F)(F)F)c3cc(F)cc(C#CC4(C(F)(F)F)CC4)c3)c3ccc(Cl)cc3n12. The molecule has 1 fully saturated rings. The van der Waals surface area contributed by atoms with Gasteiger partial charge in [0.05, 0.1) is 5.52 Å². The Morgan fingerprint density at radius 1 is 1.05 bits per heavy atom. The third kappa shape index (κ3) is 4.75. The highest BCUT2D eigenvalue weighted by molar-refractivity contribution is 6.31. The standard InChI is InChI=1S/C24H15ClF7N5/c1-13-34-35-21-33-20(18-3-2-15(25)10-19(18)37(13)21)36(12-23(27,28)29)17-9-14(8-16(26)11-17)4-5-22(6-7-22)24(30,31)32/h2-3,8-11H,6-7,12H2,1H3. The molecule has 37 heavy (non-hydrogen) atoms. The molecule has 5 nitrogen and oxygen atoms in total. The molecule has 0 radical (unpaired) electrons. The van der Waals surface area contributed by atoms with E-state index in [2.05, 4.69) is 27.0 Å². The van der Waals surface area contributed by atoms with Gasteiger partial charge < -0.3 is 4.90 Å². The molecule has 2 aromatic heterocycles. The fourth-order valence-electron chi connectivity index (χ4n) is 4.01. The van der Waals surface area contributed by atoms with E-state index in [1.165, 1.54) is 22.6 Å². The number of benzene rings is 2. The summed E-state index contributed by atoms with van der Waals surface area (Å²) in [6, 6.07) is 7.22. The van der Waals surface area contributed by atoms with Gasteiger partial charge in [-0.05, 0) is 56.2 Å². The van der Waals surface area contributed by atoms with Crippen LogP contribution in [0.1, 0.15) is 24.2 Å². The average Bonchev–Trinajstić information content (AvgIpc) is 3.51. The lowest BCUT2D eigenvalue weighted by Crippen LogP contribution is -2.31. The second-order valence-electron chi connectivity index (χ2n) is 8.71. The van der Waals surface area contributed by atoms with E-state index in [0.29, 0.717) is 21.3 Å². The van der Waals surface area contributed by atoms with E-state index in [0.717, 1.165) is 18.2 Å². The predicted molar refractivity (Wildman–Crippen MR) is 122 cm³/mol. The maximum Gasteiger partial charge on any atom is 0.406 e. The van der Waals surface area contributed by atoms with Crippen molar-refractivity contribution < 1.29 is 30.7 Å². The molecule has 0 N–H and O–H groups in total. The maximum atomic E-state index is 14.6. The van der Waals surface area contributed by atoms with Crippen molar-refractivity contribution in [2.24, 2.45) is 5.41 Å². The quantitative estimate of drug-likeness (QED) is 0.212. The summed E-state index contributed by atoms with van der Waals surface area (Å²) in [6.07, 6.45) is -9.71. The molecule has 0 aliphatic heterocycles. The van der Waals surface area contributed by atoms with Crippen LogP contribution in [0.25, 0.3) is 16.7 Å². The fraction of sp³-hybridized carbons (Fsp3) is 0.292. The van der Waals surface area contributed by atoms with Crippen LogP contribution in [-0.2, 0) is 0 Å². The van der Waals surface area contributed by atoms with Gasteiger partial charge in [0, 0.05) is 21.7 Å². The second-order valence-corrected chi connectivity index (χ2v) is 9.15. The van der Waals surface area contributed by atoms with Gasteiger partial charge in [-0.15, -0.1) is 10.2 Å². The Kier molecular flexibility index (Phi) is 5.75. The Balaban J connectivity index is 1.70. The lowest BCUT2D eigenvalue weighted by molar-refractivity contribution is -0.168. The molecule has 2 heterocycles. The Morgan fingerprint density at radius 2 is 1.78 bits per heavy atom. The Bertz CT molecular complexity index is 1590. The van der Waals surface area contributed by atoms with Crippen molar-refractivity contribution in [3.63, 3.8) is 0 Å². The molecule has 5 rings (SSSR count). The van der Waals surface area contributed by atoms with Gasteiger partial charge in [0.1, 0.15) is 29.4 Å². The highest BCUT2D eigenvalue weighted by atomic mass is 35.5. The molecule has 192 valence electrons. The molecule has 0 amide bonds. The van der Waals surface area contributed by atoms with Crippen LogP contribution in [0.3, 0.4) is 0 Å². The average molecular weight is 542 g/mol. The zero-order valence-electron chi connectivity index (χ0n) is 18.8. The topological polar surface area (TPSA) is 46.3 Å². The first-order valence-corrected chi connectivity index (χ1v) is 11.2. The van der Waals surface area contributed by atoms with E-state index in [4.69, 9.17) is 11.6 Å². The van der Waals surface area contributed by atoms with E-state index in [1.54, 1.807) is 6.92 Å². The smallest absolute Gasteiger partial charge is 0.316 e. The molecule has 0 unspecified atom stereocenters. The van der Waals surface area contributed by atoms with Crippen LogP contribution in [0.5, 0.6) is 0 Å². The lowest BCUT2D eigenvalue weighted by Gasteiger charge is -2.26. The highest BCUT2D eigenvalue weighted by Gasteiger charge is 2.62. The number of hydrogen-bond acceptors (Lipinski definition) is 4. The lowest BCUT2D eigenvalue weighted by atomic mass is 10.1. The molecule has 0 spiro atoms. The molecule has 2 aromatic carbocycles. The minimum atomic E-state index is -4.76. The number of hydrogen-bond donors (Lipinski definition) is 0. The maximum absolute atomic E-state index is 14.6. The predicted octanol–water partition coefficient (Wildman–Crippen LogP) is 6.77. The first kappa shape index (κ1) is 25.1. The number of aromatic nitrogens is 4. The Morgan fingerprint density at radius 3 is 2.43 bits per heavy atom. The Hall–Kier alpha value is -3.59. The summed E-state index contributed by atoms with van der Waals surface area (Å²) in [6.45, 7) is 0.0457. The van der Waals surface area contributed by atoms with Crippen LogP contribution in [-0.4, -0.2) is 38.5 Å². The van der Waals surface area contributed by atoms with Gasteiger partial charge in [-0.3, -0.25) is 4.40 Å². The minimum Gasteiger partial charge on any atom is -0.316 e. The monoisotopic (exact) mass is 541 g/mol. The van der Waals surface area contributed by atoms with Gasteiger partial charge in [0.2, 0.25) is 0 Å². The number of rotatable bonds is 3.